The van der Waals surface area contributed by atoms with Gasteiger partial charge in [0.25, 0.3) is 5.91 Å². The first-order valence-corrected chi connectivity index (χ1v) is 5.76. The van der Waals surface area contributed by atoms with Crippen LogP contribution in [0.3, 0.4) is 0 Å². The predicted octanol–water partition coefficient (Wildman–Crippen LogP) is 0.507. The van der Waals surface area contributed by atoms with Crippen molar-refractivity contribution < 1.29 is 14.7 Å². The third-order valence-electron chi connectivity index (χ3n) is 2.61. The van der Waals surface area contributed by atoms with Crippen LogP contribution in [0.1, 0.15) is 11.8 Å². The second-order valence-electron chi connectivity index (χ2n) is 3.71. The monoisotopic (exact) mass is 240 g/mol. The summed E-state index contributed by atoms with van der Waals surface area (Å²) in [6.07, 6.45) is 0. The van der Waals surface area contributed by atoms with Gasteiger partial charge >= 0.3 is 6.03 Å². The summed E-state index contributed by atoms with van der Waals surface area (Å²) in [6.45, 7) is 1.49. The summed E-state index contributed by atoms with van der Waals surface area (Å²) in [6, 6.07) is 3.19. The molecular weight excluding hydrogens is 228 g/mol. The second-order valence-corrected chi connectivity index (χ2v) is 4.66. The molecule has 86 valence electrons. The second kappa shape index (κ2) is 3.88. The zero-order valence-corrected chi connectivity index (χ0v) is 9.58. The van der Waals surface area contributed by atoms with Gasteiger partial charge in [0.1, 0.15) is 0 Å². The lowest BCUT2D eigenvalue weighted by molar-refractivity contribution is -0.131. The largest absolute Gasteiger partial charge is 0.395 e. The number of hydrogen-bond donors (Lipinski definition) is 2. The van der Waals surface area contributed by atoms with Crippen molar-refractivity contribution in [3.8, 4) is 0 Å². The number of aliphatic hydroxyl groups excluding tert-OH is 1. The molecule has 0 radical (unpaired) electrons. The summed E-state index contributed by atoms with van der Waals surface area (Å²) >= 11 is 1.42. The van der Waals surface area contributed by atoms with Crippen LogP contribution in [0.15, 0.2) is 17.5 Å². The van der Waals surface area contributed by atoms with E-state index in [0.717, 1.165) is 9.78 Å². The van der Waals surface area contributed by atoms with E-state index in [4.69, 9.17) is 5.11 Å². The van der Waals surface area contributed by atoms with Gasteiger partial charge in [0.05, 0.1) is 13.2 Å². The van der Waals surface area contributed by atoms with Gasteiger partial charge < -0.3 is 10.4 Å². The van der Waals surface area contributed by atoms with Gasteiger partial charge in [0, 0.05) is 4.88 Å². The number of aliphatic hydroxyl groups is 1. The smallest absolute Gasteiger partial charge is 0.325 e. The highest BCUT2D eigenvalue weighted by atomic mass is 32.1. The van der Waals surface area contributed by atoms with Crippen LogP contribution in [0.2, 0.25) is 0 Å². The molecule has 1 aromatic rings. The van der Waals surface area contributed by atoms with Gasteiger partial charge in [-0.2, -0.15) is 0 Å². The topological polar surface area (TPSA) is 69.6 Å². The number of hydrogen-bond acceptors (Lipinski definition) is 4. The Bertz CT molecular complexity index is 418. The van der Waals surface area contributed by atoms with Crippen LogP contribution in [-0.4, -0.2) is 35.1 Å². The predicted molar refractivity (Wildman–Crippen MR) is 59.0 cm³/mol. The van der Waals surface area contributed by atoms with Crippen LogP contribution < -0.4 is 5.32 Å². The molecular formula is C10H12N2O3S. The molecule has 5 nitrogen and oxygen atoms in total. The molecule has 0 spiro atoms. The molecule has 2 rings (SSSR count). The first-order valence-electron chi connectivity index (χ1n) is 4.88. The quantitative estimate of drug-likeness (QED) is 0.756. The minimum absolute atomic E-state index is 0.0334. The zero-order valence-electron chi connectivity index (χ0n) is 8.77. The number of carbonyl (C=O) groups excluding carboxylic acids is 2. The summed E-state index contributed by atoms with van der Waals surface area (Å²) < 4.78 is 0. The van der Waals surface area contributed by atoms with Gasteiger partial charge in [-0.15, -0.1) is 11.3 Å². The van der Waals surface area contributed by atoms with E-state index in [1.807, 2.05) is 17.5 Å². The molecule has 1 aromatic heterocycles. The Morgan fingerprint density at radius 1 is 1.56 bits per heavy atom. The van der Waals surface area contributed by atoms with Crippen LogP contribution in [0.5, 0.6) is 0 Å². The van der Waals surface area contributed by atoms with Crippen molar-refractivity contribution in [2.45, 2.75) is 12.5 Å². The third-order valence-corrected chi connectivity index (χ3v) is 3.70. The lowest BCUT2D eigenvalue weighted by atomic mass is 10.0. The van der Waals surface area contributed by atoms with E-state index in [0.29, 0.717) is 0 Å². The fourth-order valence-corrected chi connectivity index (χ4v) is 2.57. The number of amides is 3. The first kappa shape index (κ1) is 11.1. The molecule has 1 aliphatic rings. The summed E-state index contributed by atoms with van der Waals surface area (Å²) in [5, 5.41) is 13.3. The summed E-state index contributed by atoms with van der Waals surface area (Å²) in [7, 11) is 0. The molecule has 1 fully saturated rings. The highest BCUT2D eigenvalue weighted by molar-refractivity contribution is 7.10. The van der Waals surface area contributed by atoms with Crippen LogP contribution in [0.25, 0.3) is 0 Å². The molecule has 3 amide bonds. The lowest BCUT2D eigenvalue weighted by Gasteiger charge is -2.19. The minimum Gasteiger partial charge on any atom is -0.395 e. The molecule has 2 N–H and O–H groups in total. The van der Waals surface area contributed by atoms with Gasteiger partial charge in [0.15, 0.2) is 5.54 Å². The molecule has 0 bridgehead atoms. The van der Waals surface area contributed by atoms with E-state index < -0.39 is 11.6 Å². The Labute approximate surface area is 96.7 Å². The Morgan fingerprint density at radius 2 is 2.31 bits per heavy atom. The van der Waals surface area contributed by atoms with E-state index in [9.17, 15) is 9.59 Å². The maximum atomic E-state index is 12.1. The average molecular weight is 240 g/mol. The Morgan fingerprint density at radius 3 is 2.88 bits per heavy atom. The number of nitrogens with one attached hydrogen (secondary N) is 1. The van der Waals surface area contributed by atoms with Crippen molar-refractivity contribution in [2.75, 3.05) is 13.2 Å². The molecule has 2 heterocycles. The molecule has 0 aliphatic carbocycles. The molecule has 0 saturated carbocycles. The maximum absolute atomic E-state index is 12.1. The molecule has 6 heteroatoms. The van der Waals surface area contributed by atoms with Crippen molar-refractivity contribution in [1.29, 1.82) is 0 Å². The molecule has 1 saturated heterocycles. The number of β-amino-alcohol motifs (C(OH)–C–C–N with tert-alkyl or cyclic N) is 1. The van der Waals surface area contributed by atoms with Crippen LogP contribution in [0, 0.1) is 0 Å². The van der Waals surface area contributed by atoms with E-state index in [-0.39, 0.29) is 19.1 Å². The number of thiophene rings is 1. The van der Waals surface area contributed by atoms with Gasteiger partial charge in [0.2, 0.25) is 0 Å². The Balaban J connectivity index is 2.32. The van der Waals surface area contributed by atoms with Crippen molar-refractivity contribution in [2.24, 2.45) is 0 Å². The zero-order chi connectivity index (χ0) is 11.8. The van der Waals surface area contributed by atoms with E-state index in [1.165, 1.54) is 11.3 Å². The van der Waals surface area contributed by atoms with Gasteiger partial charge in [-0.05, 0) is 18.4 Å². The van der Waals surface area contributed by atoms with Gasteiger partial charge in [-0.1, -0.05) is 6.07 Å². The summed E-state index contributed by atoms with van der Waals surface area (Å²) in [5.74, 6) is -0.311. The fraction of sp³-hybridized carbons (Fsp3) is 0.400. The van der Waals surface area contributed by atoms with Gasteiger partial charge in [-0.25, -0.2) is 4.79 Å². The van der Waals surface area contributed by atoms with Crippen molar-refractivity contribution in [1.82, 2.24) is 10.2 Å². The van der Waals surface area contributed by atoms with E-state index in [1.54, 1.807) is 6.92 Å². The standard InChI is InChI=1S/C10H12N2O3S/c1-10(7-3-2-6-16-7)8(14)12(4-5-13)9(15)11-10/h2-3,6,13H,4-5H2,1H3,(H,11,15). The Hall–Kier alpha value is -1.40. The Kier molecular flexibility index (Phi) is 2.69. The number of carbonyl (C=O) groups is 2. The van der Waals surface area contributed by atoms with E-state index >= 15 is 0 Å². The minimum atomic E-state index is -0.986. The fourth-order valence-electron chi connectivity index (χ4n) is 1.73. The lowest BCUT2D eigenvalue weighted by Crippen LogP contribution is -2.40. The molecule has 1 atom stereocenters. The van der Waals surface area contributed by atoms with E-state index in [2.05, 4.69) is 5.32 Å². The maximum Gasteiger partial charge on any atom is 0.325 e. The van der Waals surface area contributed by atoms with Crippen molar-refractivity contribution >= 4 is 23.3 Å². The number of rotatable bonds is 3. The van der Waals surface area contributed by atoms with Crippen molar-refractivity contribution in [3.63, 3.8) is 0 Å². The third kappa shape index (κ3) is 1.50. The molecule has 1 aliphatic heterocycles. The summed E-state index contributed by atoms with van der Waals surface area (Å²) in [5.41, 5.74) is -0.986. The number of urea groups is 1. The van der Waals surface area contributed by atoms with Crippen LogP contribution >= 0.6 is 11.3 Å². The molecule has 16 heavy (non-hydrogen) atoms. The van der Waals surface area contributed by atoms with Crippen molar-refractivity contribution in [3.05, 3.63) is 22.4 Å². The van der Waals surface area contributed by atoms with Crippen LogP contribution in [-0.2, 0) is 10.3 Å². The van der Waals surface area contributed by atoms with Gasteiger partial charge in [-0.3, -0.25) is 9.69 Å². The highest BCUT2D eigenvalue weighted by Gasteiger charge is 2.49. The normalized spacial score (nSPS) is 25.0. The number of nitrogens with zero attached hydrogens (tertiary/aromatic N) is 1. The SMILES string of the molecule is CC1(c2cccs2)NC(=O)N(CCO)C1=O. The average Bonchev–Trinajstić information content (AvgIpc) is 2.83. The molecule has 0 aromatic carbocycles. The number of imide groups is 1. The summed E-state index contributed by atoms with van der Waals surface area (Å²) in [4.78, 5) is 25.5. The molecule has 1 unspecified atom stereocenters. The first-order chi connectivity index (χ1) is 7.59. The highest BCUT2D eigenvalue weighted by Crippen LogP contribution is 2.31. The van der Waals surface area contributed by atoms with Crippen LogP contribution in [0.4, 0.5) is 4.79 Å².